The van der Waals surface area contributed by atoms with Gasteiger partial charge in [0.25, 0.3) is 0 Å². The second-order valence-corrected chi connectivity index (χ2v) is 6.62. The molecule has 2 aromatic heterocycles. The van der Waals surface area contributed by atoms with Crippen molar-refractivity contribution in [2.24, 2.45) is 4.99 Å². The van der Waals surface area contributed by atoms with Gasteiger partial charge < -0.3 is 15.0 Å². The number of fused-ring (bicyclic) bond motifs is 1. The lowest BCUT2D eigenvalue weighted by Crippen LogP contribution is -2.36. The zero-order valence-corrected chi connectivity index (χ0v) is 15.6. The van der Waals surface area contributed by atoms with Crippen molar-refractivity contribution in [2.45, 2.75) is 20.0 Å². The Labute approximate surface area is 154 Å². The highest BCUT2D eigenvalue weighted by molar-refractivity contribution is 9.10. The fourth-order valence-corrected chi connectivity index (χ4v) is 2.78. The Morgan fingerprint density at radius 2 is 2.00 bits per heavy atom. The van der Waals surface area contributed by atoms with Gasteiger partial charge in [0.1, 0.15) is 11.5 Å². The van der Waals surface area contributed by atoms with Crippen molar-refractivity contribution < 1.29 is 4.39 Å². The Morgan fingerprint density at radius 3 is 2.76 bits per heavy atom. The van der Waals surface area contributed by atoms with E-state index in [0.29, 0.717) is 24.6 Å². The van der Waals surface area contributed by atoms with Gasteiger partial charge >= 0.3 is 0 Å². The number of hydrogen-bond donors (Lipinski definition) is 2. The zero-order chi connectivity index (χ0) is 17.8. The number of nitrogens with zero attached hydrogens (tertiary/aromatic N) is 3. The number of aromatic nitrogens is 2. The molecule has 0 saturated carbocycles. The molecule has 0 aliphatic carbocycles. The second kappa shape index (κ2) is 7.65. The molecule has 0 spiro atoms. The molecular weight excluding hydrogens is 385 g/mol. The first-order chi connectivity index (χ1) is 12.0. The number of halogens is 2. The number of aliphatic imine (C=N–C) groups is 1. The lowest BCUT2D eigenvalue weighted by molar-refractivity contribution is 0.615. The molecule has 0 fully saturated rings. The summed E-state index contributed by atoms with van der Waals surface area (Å²) < 4.78 is 16.6. The summed E-state index contributed by atoms with van der Waals surface area (Å²) in [4.78, 5) is 8.73. The molecular formula is C18H19BrFN5. The van der Waals surface area contributed by atoms with Gasteiger partial charge in [0, 0.05) is 30.5 Å². The molecule has 3 rings (SSSR count). The van der Waals surface area contributed by atoms with Crippen LogP contribution in [-0.2, 0) is 13.1 Å². The molecule has 25 heavy (non-hydrogen) atoms. The topological polar surface area (TPSA) is 53.7 Å². The van der Waals surface area contributed by atoms with E-state index < -0.39 is 0 Å². The third-order valence-electron chi connectivity index (χ3n) is 3.82. The Hall–Kier alpha value is -2.41. The van der Waals surface area contributed by atoms with Gasteiger partial charge in [-0.05, 0) is 52.2 Å². The monoisotopic (exact) mass is 403 g/mol. The molecule has 5 nitrogen and oxygen atoms in total. The van der Waals surface area contributed by atoms with E-state index in [0.717, 1.165) is 21.4 Å². The van der Waals surface area contributed by atoms with Gasteiger partial charge in [0.05, 0.1) is 12.2 Å². The van der Waals surface area contributed by atoms with Gasteiger partial charge in [-0.2, -0.15) is 0 Å². The molecule has 0 atom stereocenters. The van der Waals surface area contributed by atoms with Gasteiger partial charge in [0.15, 0.2) is 5.96 Å². The number of imidazole rings is 1. The van der Waals surface area contributed by atoms with E-state index in [2.05, 4.69) is 36.5 Å². The number of benzene rings is 1. The number of pyridine rings is 1. The predicted molar refractivity (Wildman–Crippen MR) is 101 cm³/mol. The number of aryl methyl sites for hydroxylation is 1. The Bertz CT molecular complexity index is 919. The van der Waals surface area contributed by atoms with Crippen LogP contribution in [-0.4, -0.2) is 22.4 Å². The first-order valence-corrected chi connectivity index (χ1v) is 8.67. The van der Waals surface area contributed by atoms with Crippen LogP contribution in [0.25, 0.3) is 5.65 Å². The number of hydrogen-bond acceptors (Lipinski definition) is 2. The summed E-state index contributed by atoms with van der Waals surface area (Å²) in [5.41, 5.74) is 3.30. The largest absolute Gasteiger partial charge is 0.352 e. The smallest absolute Gasteiger partial charge is 0.191 e. The Morgan fingerprint density at radius 1 is 1.20 bits per heavy atom. The van der Waals surface area contributed by atoms with E-state index in [-0.39, 0.29) is 5.82 Å². The third-order valence-corrected chi connectivity index (χ3v) is 4.29. The second-order valence-electron chi connectivity index (χ2n) is 5.71. The maximum atomic E-state index is 13.6. The predicted octanol–water partition coefficient (Wildman–Crippen LogP) is 3.41. The first kappa shape index (κ1) is 17.4. The highest BCUT2D eigenvalue weighted by Gasteiger charge is 2.05. The van der Waals surface area contributed by atoms with Crippen molar-refractivity contribution in [1.82, 2.24) is 20.0 Å². The fraction of sp³-hybridized carbons (Fsp3) is 0.222. The molecule has 2 heterocycles. The van der Waals surface area contributed by atoms with Crippen LogP contribution >= 0.6 is 15.9 Å². The molecule has 0 aliphatic rings. The van der Waals surface area contributed by atoms with Gasteiger partial charge in [-0.3, -0.25) is 4.99 Å². The molecule has 130 valence electrons. The van der Waals surface area contributed by atoms with E-state index in [1.807, 2.05) is 35.0 Å². The SMILES string of the molecule is CN=C(NCc1ccc(C)c(F)c1)NCc1cn2cc(Br)ccc2n1. The van der Waals surface area contributed by atoms with Gasteiger partial charge in [-0.25, -0.2) is 9.37 Å². The van der Waals surface area contributed by atoms with E-state index >= 15 is 0 Å². The highest BCUT2D eigenvalue weighted by atomic mass is 79.9. The molecule has 0 unspecified atom stereocenters. The molecule has 0 radical (unpaired) electrons. The van der Waals surface area contributed by atoms with Crippen LogP contribution < -0.4 is 10.6 Å². The number of guanidine groups is 1. The van der Waals surface area contributed by atoms with Crippen LogP contribution in [0, 0.1) is 12.7 Å². The normalized spacial score (nSPS) is 11.8. The third kappa shape index (κ3) is 4.36. The maximum absolute atomic E-state index is 13.6. The van der Waals surface area contributed by atoms with Gasteiger partial charge in [-0.1, -0.05) is 12.1 Å². The summed E-state index contributed by atoms with van der Waals surface area (Å²) in [6, 6.07) is 9.12. The summed E-state index contributed by atoms with van der Waals surface area (Å²) >= 11 is 3.45. The standard InChI is InChI=1S/C18H19BrFN5/c1-12-3-4-13(7-16(12)20)8-22-18(21-2)23-9-15-11-25-10-14(19)5-6-17(25)24-15/h3-7,10-11H,8-9H2,1-2H3,(H2,21,22,23). The fourth-order valence-electron chi connectivity index (χ4n) is 2.43. The zero-order valence-electron chi connectivity index (χ0n) is 14.1. The van der Waals surface area contributed by atoms with Crippen molar-refractivity contribution in [3.8, 4) is 0 Å². The van der Waals surface area contributed by atoms with E-state index in [1.165, 1.54) is 6.07 Å². The van der Waals surface area contributed by atoms with Crippen molar-refractivity contribution in [3.63, 3.8) is 0 Å². The average molecular weight is 404 g/mol. The molecule has 7 heteroatoms. The van der Waals surface area contributed by atoms with Crippen LogP contribution in [0.4, 0.5) is 4.39 Å². The molecule has 2 N–H and O–H groups in total. The van der Waals surface area contributed by atoms with E-state index in [4.69, 9.17) is 0 Å². The summed E-state index contributed by atoms with van der Waals surface area (Å²) in [5, 5.41) is 6.39. The highest BCUT2D eigenvalue weighted by Crippen LogP contribution is 2.12. The maximum Gasteiger partial charge on any atom is 0.191 e. The molecule has 3 aromatic rings. The van der Waals surface area contributed by atoms with Crippen molar-refractivity contribution in [3.05, 3.63) is 69.8 Å². The average Bonchev–Trinajstić information content (AvgIpc) is 3.00. The minimum atomic E-state index is -0.196. The van der Waals surface area contributed by atoms with E-state index in [1.54, 1.807) is 20.0 Å². The van der Waals surface area contributed by atoms with Crippen LogP contribution in [0.15, 0.2) is 52.2 Å². The lowest BCUT2D eigenvalue weighted by atomic mass is 10.1. The Kier molecular flexibility index (Phi) is 5.33. The molecule has 0 saturated heterocycles. The van der Waals surface area contributed by atoms with Gasteiger partial charge in [-0.15, -0.1) is 0 Å². The van der Waals surface area contributed by atoms with Crippen LogP contribution in [0.5, 0.6) is 0 Å². The minimum Gasteiger partial charge on any atom is -0.352 e. The summed E-state index contributed by atoms with van der Waals surface area (Å²) in [7, 11) is 1.70. The number of nitrogens with one attached hydrogen (secondary N) is 2. The summed E-state index contributed by atoms with van der Waals surface area (Å²) in [5.74, 6) is 0.442. The van der Waals surface area contributed by atoms with Crippen molar-refractivity contribution in [2.75, 3.05) is 7.05 Å². The van der Waals surface area contributed by atoms with Crippen LogP contribution in [0.2, 0.25) is 0 Å². The molecule has 0 amide bonds. The Balaban J connectivity index is 1.59. The molecule has 0 aliphatic heterocycles. The van der Waals surface area contributed by atoms with Crippen molar-refractivity contribution >= 4 is 27.5 Å². The van der Waals surface area contributed by atoms with Crippen molar-refractivity contribution in [1.29, 1.82) is 0 Å². The molecule has 1 aromatic carbocycles. The minimum absolute atomic E-state index is 0.196. The number of rotatable bonds is 4. The van der Waals surface area contributed by atoms with E-state index in [9.17, 15) is 4.39 Å². The van der Waals surface area contributed by atoms with Gasteiger partial charge in [0.2, 0.25) is 0 Å². The molecule has 0 bridgehead atoms. The summed E-state index contributed by atoms with van der Waals surface area (Å²) in [6.07, 6.45) is 3.93. The lowest BCUT2D eigenvalue weighted by Gasteiger charge is -2.11. The first-order valence-electron chi connectivity index (χ1n) is 7.88. The van der Waals surface area contributed by atoms with Crippen LogP contribution in [0.1, 0.15) is 16.8 Å². The summed E-state index contributed by atoms with van der Waals surface area (Å²) in [6.45, 7) is 2.79. The quantitative estimate of drug-likeness (QED) is 0.518. The van der Waals surface area contributed by atoms with Crippen LogP contribution in [0.3, 0.4) is 0 Å².